The van der Waals surface area contributed by atoms with Crippen molar-refractivity contribution >= 4 is 21.6 Å². The van der Waals surface area contributed by atoms with Gasteiger partial charge in [0.2, 0.25) is 10.0 Å². The van der Waals surface area contributed by atoms with E-state index in [1.807, 2.05) is 56.3 Å². The third-order valence-electron chi connectivity index (χ3n) is 4.42. The van der Waals surface area contributed by atoms with E-state index < -0.39 is 10.0 Å². The molecule has 0 spiro atoms. The largest absolute Gasteiger partial charge is 0.322 e. The molecule has 2 N–H and O–H groups in total. The Hall–Kier alpha value is -2.96. The Kier molecular flexibility index (Phi) is 5.92. The smallest absolute Gasteiger partial charge is 0.255 e. The van der Waals surface area contributed by atoms with Gasteiger partial charge in [0.05, 0.1) is 4.90 Å². The first-order valence-corrected chi connectivity index (χ1v) is 10.4. The van der Waals surface area contributed by atoms with Crippen molar-refractivity contribution in [1.29, 1.82) is 0 Å². The van der Waals surface area contributed by atoms with Crippen LogP contribution >= 0.6 is 0 Å². The molecule has 0 bridgehead atoms. The lowest BCUT2D eigenvalue weighted by molar-refractivity contribution is 0.102. The van der Waals surface area contributed by atoms with Crippen LogP contribution in [0.3, 0.4) is 0 Å². The Morgan fingerprint density at radius 3 is 2.29 bits per heavy atom. The van der Waals surface area contributed by atoms with Crippen LogP contribution in [0.4, 0.5) is 5.69 Å². The van der Waals surface area contributed by atoms with Crippen molar-refractivity contribution in [2.45, 2.75) is 25.3 Å². The van der Waals surface area contributed by atoms with E-state index in [2.05, 4.69) is 10.0 Å². The number of aryl methyl sites for hydroxylation is 2. The topological polar surface area (TPSA) is 75.3 Å². The number of rotatable bonds is 6. The van der Waals surface area contributed by atoms with Gasteiger partial charge >= 0.3 is 0 Å². The number of carbonyl (C=O) groups is 1. The average Bonchev–Trinajstić information content (AvgIpc) is 2.67. The summed E-state index contributed by atoms with van der Waals surface area (Å²) in [7, 11) is -3.66. The summed E-state index contributed by atoms with van der Waals surface area (Å²) in [5.41, 5.74) is 4.06. The molecular formula is C22H22N2O3S. The number of hydrogen-bond donors (Lipinski definition) is 2. The van der Waals surface area contributed by atoms with Crippen LogP contribution in [0.5, 0.6) is 0 Å². The molecular weight excluding hydrogens is 372 g/mol. The molecule has 3 aromatic rings. The Labute approximate surface area is 165 Å². The molecule has 3 rings (SSSR count). The molecule has 0 saturated carbocycles. The van der Waals surface area contributed by atoms with Crippen LogP contribution in [0.15, 0.2) is 77.7 Å². The van der Waals surface area contributed by atoms with Crippen molar-refractivity contribution in [3.8, 4) is 0 Å². The fraction of sp³-hybridized carbons (Fsp3) is 0.136. The van der Waals surface area contributed by atoms with Gasteiger partial charge in [0.15, 0.2) is 0 Å². The lowest BCUT2D eigenvalue weighted by Crippen LogP contribution is -2.23. The van der Waals surface area contributed by atoms with Gasteiger partial charge in [-0.15, -0.1) is 0 Å². The maximum atomic E-state index is 12.5. The standard InChI is InChI=1S/C22H22N2O3S/c1-16-6-5-9-20(14-16)24-22(25)18-10-12-21(13-11-18)28(26,27)23-15-19-8-4-3-7-17(19)2/h3-14,23H,15H2,1-2H3,(H,24,25). The first-order valence-electron chi connectivity index (χ1n) is 8.87. The van der Waals surface area contributed by atoms with E-state index in [0.29, 0.717) is 11.3 Å². The first kappa shape index (κ1) is 19.8. The van der Waals surface area contributed by atoms with Gasteiger partial charge in [-0.2, -0.15) is 0 Å². The highest BCUT2D eigenvalue weighted by Gasteiger charge is 2.15. The molecule has 0 atom stereocenters. The molecule has 3 aromatic carbocycles. The van der Waals surface area contributed by atoms with E-state index in [1.165, 1.54) is 24.3 Å². The number of carbonyl (C=O) groups excluding carboxylic acids is 1. The molecule has 28 heavy (non-hydrogen) atoms. The Morgan fingerprint density at radius 2 is 1.61 bits per heavy atom. The molecule has 0 unspecified atom stereocenters. The second-order valence-corrected chi connectivity index (χ2v) is 8.37. The molecule has 0 aliphatic heterocycles. The van der Waals surface area contributed by atoms with Gasteiger partial charge in [-0.3, -0.25) is 4.79 Å². The Bertz CT molecular complexity index is 1090. The molecule has 6 heteroatoms. The highest BCUT2D eigenvalue weighted by Crippen LogP contribution is 2.15. The second-order valence-electron chi connectivity index (χ2n) is 6.60. The van der Waals surface area contributed by atoms with Crippen LogP contribution in [-0.2, 0) is 16.6 Å². The number of anilines is 1. The number of hydrogen-bond acceptors (Lipinski definition) is 3. The van der Waals surface area contributed by atoms with E-state index in [9.17, 15) is 13.2 Å². The fourth-order valence-electron chi connectivity index (χ4n) is 2.78. The molecule has 144 valence electrons. The van der Waals surface area contributed by atoms with Crippen LogP contribution in [-0.4, -0.2) is 14.3 Å². The summed E-state index contributed by atoms with van der Waals surface area (Å²) in [5.74, 6) is -0.289. The number of amides is 1. The molecule has 5 nitrogen and oxygen atoms in total. The number of sulfonamides is 1. The zero-order chi connectivity index (χ0) is 20.1. The molecule has 1 amide bonds. The van der Waals surface area contributed by atoms with E-state index in [-0.39, 0.29) is 17.3 Å². The average molecular weight is 394 g/mol. The minimum atomic E-state index is -3.66. The third-order valence-corrected chi connectivity index (χ3v) is 5.83. The minimum absolute atomic E-state index is 0.119. The molecule has 0 aromatic heterocycles. The summed E-state index contributed by atoms with van der Waals surface area (Å²) < 4.78 is 27.6. The highest BCUT2D eigenvalue weighted by molar-refractivity contribution is 7.89. The van der Waals surface area contributed by atoms with E-state index >= 15 is 0 Å². The first-order chi connectivity index (χ1) is 13.3. The zero-order valence-electron chi connectivity index (χ0n) is 15.8. The molecule has 0 fully saturated rings. The predicted octanol–water partition coefficient (Wildman–Crippen LogP) is 4.03. The van der Waals surface area contributed by atoms with Gasteiger partial charge in [-0.1, -0.05) is 36.4 Å². The van der Waals surface area contributed by atoms with Crippen molar-refractivity contribution in [2.75, 3.05) is 5.32 Å². The quantitative estimate of drug-likeness (QED) is 0.663. The predicted molar refractivity (Wildman–Crippen MR) is 111 cm³/mol. The monoisotopic (exact) mass is 394 g/mol. The van der Waals surface area contributed by atoms with Crippen LogP contribution in [0.25, 0.3) is 0 Å². The maximum absolute atomic E-state index is 12.5. The van der Waals surface area contributed by atoms with Gasteiger partial charge in [-0.25, -0.2) is 13.1 Å². The van der Waals surface area contributed by atoms with E-state index in [0.717, 1.165) is 16.7 Å². The summed E-state index contributed by atoms with van der Waals surface area (Å²) >= 11 is 0. The number of nitrogens with one attached hydrogen (secondary N) is 2. The fourth-order valence-corrected chi connectivity index (χ4v) is 3.78. The molecule has 0 radical (unpaired) electrons. The van der Waals surface area contributed by atoms with Crippen LogP contribution in [0.2, 0.25) is 0 Å². The van der Waals surface area contributed by atoms with E-state index in [4.69, 9.17) is 0 Å². The second kappa shape index (κ2) is 8.37. The van der Waals surface area contributed by atoms with Crippen molar-refractivity contribution in [1.82, 2.24) is 4.72 Å². The van der Waals surface area contributed by atoms with Gasteiger partial charge < -0.3 is 5.32 Å². The van der Waals surface area contributed by atoms with Crippen molar-refractivity contribution in [2.24, 2.45) is 0 Å². The molecule has 0 heterocycles. The normalized spacial score (nSPS) is 11.2. The summed E-state index contributed by atoms with van der Waals surface area (Å²) in [4.78, 5) is 12.5. The summed E-state index contributed by atoms with van der Waals surface area (Å²) in [6.45, 7) is 4.09. The van der Waals surface area contributed by atoms with Crippen molar-refractivity contribution < 1.29 is 13.2 Å². The lowest BCUT2D eigenvalue weighted by Gasteiger charge is -2.10. The Morgan fingerprint density at radius 1 is 0.893 bits per heavy atom. The highest BCUT2D eigenvalue weighted by atomic mass is 32.2. The molecule has 0 saturated heterocycles. The zero-order valence-corrected chi connectivity index (χ0v) is 16.6. The summed E-state index contributed by atoms with van der Waals surface area (Å²) in [5, 5.41) is 2.81. The summed E-state index contributed by atoms with van der Waals surface area (Å²) in [6.07, 6.45) is 0. The lowest BCUT2D eigenvalue weighted by atomic mass is 10.1. The molecule has 0 aliphatic rings. The van der Waals surface area contributed by atoms with Gasteiger partial charge in [0.1, 0.15) is 0 Å². The third kappa shape index (κ3) is 4.85. The minimum Gasteiger partial charge on any atom is -0.322 e. The van der Waals surface area contributed by atoms with Crippen LogP contribution in [0.1, 0.15) is 27.0 Å². The van der Waals surface area contributed by atoms with Crippen LogP contribution in [0, 0.1) is 13.8 Å². The Balaban J connectivity index is 1.68. The van der Waals surface area contributed by atoms with Crippen molar-refractivity contribution in [3.63, 3.8) is 0 Å². The maximum Gasteiger partial charge on any atom is 0.255 e. The SMILES string of the molecule is Cc1cccc(NC(=O)c2ccc(S(=O)(=O)NCc3ccccc3C)cc2)c1. The van der Waals surface area contributed by atoms with Crippen molar-refractivity contribution in [3.05, 3.63) is 95.1 Å². The molecule has 0 aliphatic carbocycles. The van der Waals surface area contributed by atoms with E-state index in [1.54, 1.807) is 6.07 Å². The summed E-state index contributed by atoms with van der Waals surface area (Å²) in [6, 6.07) is 21.0. The number of benzene rings is 3. The van der Waals surface area contributed by atoms with Gasteiger partial charge in [0.25, 0.3) is 5.91 Å². The van der Waals surface area contributed by atoms with Gasteiger partial charge in [0, 0.05) is 17.8 Å². The van der Waals surface area contributed by atoms with Gasteiger partial charge in [-0.05, 0) is 66.9 Å². The van der Waals surface area contributed by atoms with Crippen LogP contribution < -0.4 is 10.0 Å².